The van der Waals surface area contributed by atoms with Gasteiger partial charge in [0.25, 0.3) is 0 Å². The van der Waals surface area contributed by atoms with Gasteiger partial charge >= 0.3 is 5.97 Å². The Morgan fingerprint density at radius 3 is 2.36 bits per heavy atom. The third-order valence-electron chi connectivity index (χ3n) is 1.83. The summed E-state index contributed by atoms with van der Waals surface area (Å²) < 4.78 is 4.34. The standard InChI is InChI=1S/C9H10O5/c1-4-3-5(10)8(12)6(7(4)11)9(13)14-2/h3,10-12H,1-2H3. The Labute approximate surface area is 80.2 Å². The molecule has 0 saturated heterocycles. The van der Waals surface area contributed by atoms with Crippen molar-refractivity contribution in [1.29, 1.82) is 0 Å². The second-order valence-electron chi connectivity index (χ2n) is 2.78. The zero-order valence-corrected chi connectivity index (χ0v) is 7.74. The molecule has 0 saturated carbocycles. The smallest absolute Gasteiger partial charge is 0.345 e. The molecule has 0 heterocycles. The van der Waals surface area contributed by atoms with Gasteiger partial charge in [0, 0.05) is 0 Å². The van der Waals surface area contributed by atoms with Gasteiger partial charge < -0.3 is 20.1 Å². The largest absolute Gasteiger partial charge is 0.507 e. The van der Waals surface area contributed by atoms with Crippen LogP contribution in [0.15, 0.2) is 6.07 Å². The normalized spacial score (nSPS) is 9.86. The number of benzene rings is 1. The highest BCUT2D eigenvalue weighted by Gasteiger charge is 2.21. The first-order valence-electron chi connectivity index (χ1n) is 3.81. The highest BCUT2D eigenvalue weighted by Crippen LogP contribution is 2.38. The lowest BCUT2D eigenvalue weighted by molar-refractivity contribution is 0.0593. The number of aromatic hydroxyl groups is 3. The second kappa shape index (κ2) is 3.45. The van der Waals surface area contributed by atoms with Crippen LogP contribution in [-0.4, -0.2) is 28.4 Å². The molecular weight excluding hydrogens is 188 g/mol. The highest BCUT2D eigenvalue weighted by molar-refractivity contribution is 5.96. The van der Waals surface area contributed by atoms with E-state index >= 15 is 0 Å². The molecule has 0 fully saturated rings. The molecule has 0 spiro atoms. The van der Waals surface area contributed by atoms with Crippen molar-refractivity contribution >= 4 is 5.97 Å². The topological polar surface area (TPSA) is 87.0 Å². The zero-order chi connectivity index (χ0) is 10.9. The first kappa shape index (κ1) is 10.2. The molecule has 0 aromatic heterocycles. The summed E-state index contributed by atoms with van der Waals surface area (Å²) in [5.41, 5.74) is -0.147. The Hall–Kier alpha value is -1.91. The number of aryl methyl sites for hydroxylation is 1. The van der Waals surface area contributed by atoms with Crippen LogP contribution in [0.4, 0.5) is 0 Å². The molecule has 3 N–H and O–H groups in total. The fourth-order valence-electron chi connectivity index (χ4n) is 1.07. The van der Waals surface area contributed by atoms with Gasteiger partial charge in [0.2, 0.25) is 0 Å². The lowest BCUT2D eigenvalue weighted by atomic mass is 10.1. The first-order valence-corrected chi connectivity index (χ1v) is 3.81. The number of methoxy groups -OCH3 is 1. The molecule has 76 valence electrons. The summed E-state index contributed by atoms with van der Waals surface area (Å²) in [5, 5.41) is 27.9. The number of esters is 1. The summed E-state index contributed by atoms with van der Waals surface area (Å²) in [7, 11) is 1.11. The van der Waals surface area contributed by atoms with Crippen molar-refractivity contribution in [1.82, 2.24) is 0 Å². The number of carbonyl (C=O) groups excluding carboxylic acids is 1. The van der Waals surface area contributed by atoms with Gasteiger partial charge in [0.15, 0.2) is 11.5 Å². The molecule has 0 aliphatic carbocycles. The lowest BCUT2D eigenvalue weighted by Gasteiger charge is -2.08. The number of rotatable bonds is 1. The first-order chi connectivity index (χ1) is 6.49. The summed E-state index contributed by atoms with van der Waals surface area (Å²) in [5.74, 6) is -2.45. The number of carbonyl (C=O) groups is 1. The number of phenols is 3. The van der Waals surface area contributed by atoms with Gasteiger partial charge in [0.05, 0.1) is 7.11 Å². The molecular formula is C9H10O5. The summed E-state index contributed by atoms with van der Waals surface area (Å²) in [6, 6.07) is 1.15. The van der Waals surface area contributed by atoms with Crippen LogP contribution in [0.3, 0.4) is 0 Å². The van der Waals surface area contributed by atoms with E-state index in [9.17, 15) is 20.1 Å². The maximum Gasteiger partial charge on any atom is 0.345 e. The second-order valence-corrected chi connectivity index (χ2v) is 2.78. The molecule has 0 aliphatic rings. The quantitative estimate of drug-likeness (QED) is 0.354. The minimum Gasteiger partial charge on any atom is -0.507 e. The predicted molar refractivity (Wildman–Crippen MR) is 47.5 cm³/mol. The van der Waals surface area contributed by atoms with Crippen LogP contribution >= 0.6 is 0 Å². The number of ether oxygens (including phenoxy) is 1. The SMILES string of the molecule is COC(=O)c1c(O)c(C)cc(O)c1O. The molecule has 14 heavy (non-hydrogen) atoms. The van der Waals surface area contributed by atoms with E-state index in [0.717, 1.165) is 13.2 Å². The van der Waals surface area contributed by atoms with E-state index < -0.39 is 28.8 Å². The maximum absolute atomic E-state index is 11.1. The van der Waals surface area contributed by atoms with Crippen LogP contribution < -0.4 is 0 Å². The van der Waals surface area contributed by atoms with Crippen molar-refractivity contribution < 1.29 is 24.9 Å². The Morgan fingerprint density at radius 2 is 1.86 bits per heavy atom. The summed E-state index contributed by atoms with van der Waals surface area (Å²) >= 11 is 0. The van der Waals surface area contributed by atoms with Crippen molar-refractivity contribution in [3.63, 3.8) is 0 Å². The fraction of sp³-hybridized carbons (Fsp3) is 0.222. The Kier molecular flexibility index (Phi) is 2.51. The number of hydrogen-bond donors (Lipinski definition) is 3. The molecule has 0 aliphatic heterocycles. The molecule has 5 heteroatoms. The van der Waals surface area contributed by atoms with Crippen LogP contribution in [0.2, 0.25) is 0 Å². The Bertz CT molecular complexity index is 357. The van der Waals surface area contributed by atoms with Gasteiger partial charge in [-0.1, -0.05) is 0 Å². The van der Waals surface area contributed by atoms with Crippen LogP contribution in [0, 0.1) is 6.92 Å². The van der Waals surface area contributed by atoms with E-state index in [0.29, 0.717) is 0 Å². The van der Waals surface area contributed by atoms with Gasteiger partial charge in [-0.15, -0.1) is 0 Å². The van der Waals surface area contributed by atoms with E-state index in [4.69, 9.17) is 0 Å². The van der Waals surface area contributed by atoms with Crippen LogP contribution in [0.1, 0.15) is 15.9 Å². The average molecular weight is 198 g/mol. The summed E-state index contributed by atoms with van der Waals surface area (Å²) in [6.45, 7) is 1.49. The number of hydrogen-bond acceptors (Lipinski definition) is 5. The lowest BCUT2D eigenvalue weighted by Crippen LogP contribution is -2.03. The van der Waals surface area contributed by atoms with Crippen molar-refractivity contribution in [3.05, 3.63) is 17.2 Å². The third kappa shape index (κ3) is 1.44. The summed E-state index contributed by atoms with van der Waals surface area (Å²) in [4.78, 5) is 11.1. The molecule has 0 bridgehead atoms. The van der Waals surface area contributed by atoms with Crippen LogP contribution in [0.5, 0.6) is 17.2 Å². The minimum absolute atomic E-state index is 0.278. The predicted octanol–water partition coefficient (Wildman–Crippen LogP) is 0.898. The zero-order valence-electron chi connectivity index (χ0n) is 7.74. The monoisotopic (exact) mass is 198 g/mol. The van der Waals surface area contributed by atoms with E-state index in [1.807, 2.05) is 0 Å². The van der Waals surface area contributed by atoms with E-state index in [1.54, 1.807) is 0 Å². The molecule has 1 aromatic rings. The molecule has 5 nitrogen and oxygen atoms in total. The van der Waals surface area contributed by atoms with E-state index in [2.05, 4.69) is 4.74 Å². The summed E-state index contributed by atoms with van der Waals surface area (Å²) in [6.07, 6.45) is 0. The van der Waals surface area contributed by atoms with E-state index in [-0.39, 0.29) is 5.56 Å². The molecule has 0 radical (unpaired) electrons. The van der Waals surface area contributed by atoms with Gasteiger partial charge in [-0.2, -0.15) is 0 Å². The fourth-order valence-corrected chi connectivity index (χ4v) is 1.07. The van der Waals surface area contributed by atoms with Crippen molar-refractivity contribution in [2.24, 2.45) is 0 Å². The minimum atomic E-state index is -0.904. The van der Waals surface area contributed by atoms with Gasteiger partial charge in [-0.3, -0.25) is 0 Å². The van der Waals surface area contributed by atoms with Gasteiger partial charge in [0.1, 0.15) is 11.3 Å². The van der Waals surface area contributed by atoms with Crippen molar-refractivity contribution in [3.8, 4) is 17.2 Å². The molecule has 0 unspecified atom stereocenters. The Balaban J connectivity index is 3.47. The highest BCUT2D eigenvalue weighted by atomic mass is 16.5. The Morgan fingerprint density at radius 1 is 1.29 bits per heavy atom. The third-order valence-corrected chi connectivity index (χ3v) is 1.83. The van der Waals surface area contributed by atoms with Crippen LogP contribution in [-0.2, 0) is 4.74 Å². The molecule has 0 amide bonds. The van der Waals surface area contributed by atoms with Gasteiger partial charge in [-0.05, 0) is 18.6 Å². The molecule has 0 atom stereocenters. The molecule has 1 aromatic carbocycles. The average Bonchev–Trinajstić information content (AvgIpc) is 2.15. The van der Waals surface area contributed by atoms with E-state index in [1.165, 1.54) is 6.92 Å². The molecule has 1 rings (SSSR count). The number of phenolic OH excluding ortho intramolecular Hbond substituents is 3. The van der Waals surface area contributed by atoms with Crippen LogP contribution in [0.25, 0.3) is 0 Å². The van der Waals surface area contributed by atoms with Gasteiger partial charge in [-0.25, -0.2) is 4.79 Å². The van der Waals surface area contributed by atoms with Crippen molar-refractivity contribution in [2.45, 2.75) is 6.92 Å². The maximum atomic E-state index is 11.1. The van der Waals surface area contributed by atoms with Crippen molar-refractivity contribution in [2.75, 3.05) is 7.11 Å².